The molecule has 1 aromatic carbocycles. The third kappa shape index (κ3) is 3.23. The lowest BCUT2D eigenvalue weighted by Crippen LogP contribution is -2.24. The van der Waals surface area contributed by atoms with Gasteiger partial charge in [0, 0.05) is 6.54 Å². The maximum absolute atomic E-state index is 13.7. The van der Waals surface area contributed by atoms with E-state index in [9.17, 15) is 9.50 Å². The molecule has 0 amide bonds. The van der Waals surface area contributed by atoms with Gasteiger partial charge in [0.05, 0.1) is 30.2 Å². The lowest BCUT2D eigenvalue weighted by atomic mass is 10.0. The van der Waals surface area contributed by atoms with E-state index in [1.54, 1.807) is 28.9 Å². The maximum atomic E-state index is 13.7. The number of hydrogen-bond donors (Lipinski definition) is 1. The Morgan fingerprint density at radius 3 is 2.86 bits per heavy atom. The predicted octanol–water partition coefficient (Wildman–Crippen LogP) is 3.76. The standard InChI is InChI=1S/C22H20FN5O/c23-16-5-1-4-15(12-16)19-8-3-11-27(19)22-10-9-21-24-13-20(28(21)26-22)18-7-2-6-17(14-29)25-18/h1-2,4-7,9-10,12-13,19,29H,3,8,11,14H2. The summed E-state index contributed by atoms with van der Waals surface area (Å²) in [5.74, 6) is 0.603. The van der Waals surface area contributed by atoms with Crippen molar-refractivity contribution in [2.24, 2.45) is 0 Å². The van der Waals surface area contributed by atoms with E-state index in [2.05, 4.69) is 14.9 Å². The van der Waals surface area contributed by atoms with Crippen molar-refractivity contribution in [3.05, 3.63) is 77.9 Å². The molecule has 4 heterocycles. The van der Waals surface area contributed by atoms with Crippen LogP contribution in [-0.2, 0) is 6.61 Å². The van der Waals surface area contributed by atoms with Gasteiger partial charge in [-0.05, 0) is 54.8 Å². The average molecular weight is 389 g/mol. The van der Waals surface area contributed by atoms with Gasteiger partial charge in [0.1, 0.15) is 17.3 Å². The lowest BCUT2D eigenvalue weighted by molar-refractivity contribution is 0.277. The Balaban J connectivity index is 1.55. The summed E-state index contributed by atoms with van der Waals surface area (Å²) in [5, 5.41) is 14.2. The van der Waals surface area contributed by atoms with Crippen LogP contribution in [0, 0.1) is 5.82 Å². The zero-order valence-electron chi connectivity index (χ0n) is 15.7. The summed E-state index contributed by atoms with van der Waals surface area (Å²) >= 11 is 0. The lowest BCUT2D eigenvalue weighted by Gasteiger charge is -2.26. The van der Waals surface area contributed by atoms with Crippen molar-refractivity contribution >= 4 is 11.5 Å². The number of nitrogens with zero attached hydrogens (tertiary/aromatic N) is 5. The highest BCUT2D eigenvalue weighted by Gasteiger charge is 2.28. The van der Waals surface area contributed by atoms with Gasteiger partial charge in [-0.2, -0.15) is 0 Å². The van der Waals surface area contributed by atoms with Gasteiger partial charge in [0.2, 0.25) is 0 Å². The summed E-state index contributed by atoms with van der Waals surface area (Å²) in [6.45, 7) is 0.744. The third-order valence-corrected chi connectivity index (χ3v) is 5.36. The summed E-state index contributed by atoms with van der Waals surface area (Å²) in [6, 6.07) is 16.3. The summed E-state index contributed by atoms with van der Waals surface area (Å²) in [5.41, 5.74) is 3.75. The van der Waals surface area contributed by atoms with E-state index in [1.807, 2.05) is 30.3 Å². The van der Waals surface area contributed by atoms with E-state index >= 15 is 0 Å². The van der Waals surface area contributed by atoms with Crippen molar-refractivity contribution in [3.63, 3.8) is 0 Å². The van der Waals surface area contributed by atoms with Gasteiger partial charge in [-0.3, -0.25) is 0 Å². The molecular weight excluding hydrogens is 369 g/mol. The van der Waals surface area contributed by atoms with E-state index in [-0.39, 0.29) is 18.5 Å². The number of anilines is 1. The van der Waals surface area contributed by atoms with Crippen molar-refractivity contribution < 1.29 is 9.50 Å². The third-order valence-electron chi connectivity index (χ3n) is 5.36. The SMILES string of the molecule is OCc1cccc(-c2cnc3ccc(N4CCCC4c4cccc(F)c4)nn23)n1. The molecule has 1 aliphatic heterocycles. The summed E-state index contributed by atoms with van der Waals surface area (Å²) in [6.07, 6.45) is 3.72. The van der Waals surface area contributed by atoms with Crippen molar-refractivity contribution in [1.29, 1.82) is 0 Å². The second kappa shape index (κ2) is 7.25. The van der Waals surface area contributed by atoms with Crippen LogP contribution in [0.2, 0.25) is 0 Å². The molecule has 1 unspecified atom stereocenters. The molecule has 1 atom stereocenters. The van der Waals surface area contributed by atoms with Crippen LogP contribution >= 0.6 is 0 Å². The summed E-state index contributed by atoms with van der Waals surface area (Å²) in [7, 11) is 0. The monoisotopic (exact) mass is 389 g/mol. The van der Waals surface area contributed by atoms with Crippen molar-refractivity contribution in [2.45, 2.75) is 25.5 Å². The molecule has 0 bridgehead atoms. The second-order valence-corrected chi connectivity index (χ2v) is 7.18. The normalized spacial score (nSPS) is 16.6. The van der Waals surface area contributed by atoms with E-state index in [0.29, 0.717) is 11.4 Å². The van der Waals surface area contributed by atoms with Crippen LogP contribution in [0.3, 0.4) is 0 Å². The molecule has 146 valence electrons. The van der Waals surface area contributed by atoms with Crippen LogP contribution in [0.15, 0.2) is 60.8 Å². The van der Waals surface area contributed by atoms with Crippen LogP contribution in [0.25, 0.3) is 17.0 Å². The number of aromatic nitrogens is 4. The number of pyridine rings is 1. The fourth-order valence-corrected chi connectivity index (χ4v) is 4.00. The van der Waals surface area contributed by atoms with E-state index in [1.165, 1.54) is 6.07 Å². The zero-order chi connectivity index (χ0) is 19.8. The molecule has 1 saturated heterocycles. The largest absolute Gasteiger partial charge is 0.390 e. The molecule has 4 aromatic rings. The molecule has 29 heavy (non-hydrogen) atoms. The molecule has 1 N–H and O–H groups in total. The molecule has 1 aliphatic rings. The van der Waals surface area contributed by atoms with Gasteiger partial charge in [-0.25, -0.2) is 18.9 Å². The average Bonchev–Trinajstić information content (AvgIpc) is 3.40. The predicted molar refractivity (Wildman–Crippen MR) is 108 cm³/mol. The van der Waals surface area contributed by atoms with Gasteiger partial charge < -0.3 is 10.0 Å². The molecule has 3 aromatic heterocycles. The van der Waals surface area contributed by atoms with Gasteiger partial charge in [0.15, 0.2) is 5.65 Å². The van der Waals surface area contributed by atoms with Gasteiger partial charge in [-0.1, -0.05) is 18.2 Å². The van der Waals surface area contributed by atoms with Crippen LogP contribution in [0.5, 0.6) is 0 Å². The second-order valence-electron chi connectivity index (χ2n) is 7.18. The number of hydrogen-bond acceptors (Lipinski definition) is 5. The number of aliphatic hydroxyl groups is 1. The van der Waals surface area contributed by atoms with Gasteiger partial charge in [0.25, 0.3) is 0 Å². The van der Waals surface area contributed by atoms with E-state index in [0.717, 1.165) is 42.1 Å². The quantitative estimate of drug-likeness (QED) is 0.576. The number of imidazole rings is 1. The molecule has 0 spiro atoms. The fourth-order valence-electron chi connectivity index (χ4n) is 4.00. The highest BCUT2D eigenvalue weighted by Crippen LogP contribution is 2.35. The number of fused-ring (bicyclic) bond motifs is 1. The van der Waals surface area contributed by atoms with Crippen molar-refractivity contribution in [1.82, 2.24) is 19.6 Å². The van der Waals surface area contributed by atoms with Gasteiger partial charge in [-0.15, -0.1) is 5.10 Å². The summed E-state index contributed by atoms with van der Waals surface area (Å²) in [4.78, 5) is 11.1. The smallest absolute Gasteiger partial charge is 0.154 e. The molecule has 1 fully saturated rings. The first-order chi connectivity index (χ1) is 14.2. The first kappa shape index (κ1) is 17.8. The minimum atomic E-state index is -0.218. The minimum absolute atomic E-state index is 0.0958. The Labute approximate surface area is 167 Å². The van der Waals surface area contributed by atoms with Crippen LogP contribution in [0.1, 0.15) is 30.1 Å². The Bertz CT molecular complexity index is 1170. The first-order valence-corrected chi connectivity index (χ1v) is 9.67. The minimum Gasteiger partial charge on any atom is -0.390 e. The van der Waals surface area contributed by atoms with Crippen LogP contribution < -0.4 is 4.90 Å². The Kier molecular flexibility index (Phi) is 4.44. The molecule has 0 saturated carbocycles. The van der Waals surface area contributed by atoms with E-state index in [4.69, 9.17) is 5.10 Å². The molecule has 0 aliphatic carbocycles. The topological polar surface area (TPSA) is 66.6 Å². The number of aliphatic hydroxyl groups excluding tert-OH is 1. The maximum Gasteiger partial charge on any atom is 0.154 e. The first-order valence-electron chi connectivity index (χ1n) is 9.67. The molecule has 7 heteroatoms. The Morgan fingerprint density at radius 1 is 1.10 bits per heavy atom. The number of rotatable bonds is 4. The Hall–Kier alpha value is -3.32. The molecule has 0 radical (unpaired) electrons. The van der Waals surface area contributed by atoms with Crippen LogP contribution in [0.4, 0.5) is 10.2 Å². The van der Waals surface area contributed by atoms with Crippen LogP contribution in [-0.4, -0.2) is 31.2 Å². The van der Waals surface area contributed by atoms with Crippen molar-refractivity contribution in [3.8, 4) is 11.4 Å². The highest BCUT2D eigenvalue weighted by atomic mass is 19.1. The Morgan fingerprint density at radius 2 is 2.00 bits per heavy atom. The van der Waals surface area contributed by atoms with E-state index < -0.39 is 0 Å². The fraction of sp³-hybridized carbons (Fsp3) is 0.227. The van der Waals surface area contributed by atoms with Crippen molar-refractivity contribution in [2.75, 3.05) is 11.4 Å². The number of halogens is 1. The zero-order valence-corrected chi connectivity index (χ0v) is 15.7. The van der Waals surface area contributed by atoms with Gasteiger partial charge >= 0.3 is 0 Å². The molecular formula is C22H20FN5O. The molecule has 5 rings (SSSR count). The number of benzene rings is 1. The molecule has 6 nitrogen and oxygen atoms in total. The summed E-state index contributed by atoms with van der Waals surface area (Å²) < 4.78 is 15.5. The highest BCUT2D eigenvalue weighted by molar-refractivity contribution is 5.61.